The van der Waals surface area contributed by atoms with Crippen LogP contribution in [0.1, 0.15) is 23.1 Å². The molecule has 18 heavy (non-hydrogen) atoms. The number of nitrogens with zero attached hydrogens (tertiary/aromatic N) is 4. The van der Waals surface area contributed by atoms with Crippen molar-refractivity contribution in [1.82, 2.24) is 19.6 Å². The van der Waals surface area contributed by atoms with E-state index in [9.17, 15) is 4.79 Å². The zero-order valence-corrected chi connectivity index (χ0v) is 10.9. The Morgan fingerprint density at radius 2 is 2.28 bits per heavy atom. The molecule has 0 fully saturated rings. The summed E-state index contributed by atoms with van der Waals surface area (Å²) < 4.78 is 3.26. The molecule has 2 aromatic heterocycles. The Bertz CT molecular complexity index is 577. The first kappa shape index (κ1) is 12.6. The fourth-order valence-electron chi connectivity index (χ4n) is 1.64. The predicted octanol–water partition coefficient (Wildman–Crippen LogP) is 2.19. The van der Waals surface area contributed by atoms with Crippen LogP contribution in [-0.4, -0.2) is 25.3 Å². The molecule has 6 heteroatoms. The van der Waals surface area contributed by atoms with Crippen molar-refractivity contribution in [2.75, 3.05) is 0 Å². The van der Waals surface area contributed by atoms with Gasteiger partial charge in [0, 0.05) is 19.8 Å². The minimum Gasteiger partial charge on any atom is -0.288 e. The van der Waals surface area contributed by atoms with Crippen molar-refractivity contribution < 1.29 is 4.79 Å². The number of carbonyl (C=O) groups excluding carboxylic acids is 1. The van der Waals surface area contributed by atoms with E-state index in [1.165, 1.54) is 6.08 Å². The maximum absolute atomic E-state index is 12.0. The largest absolute Gasteiger partial charge is 0.288 e. The van der Waals surface area contributed by atoms with Crippen molar-refractivity contribution in [3.05, 3.63) is 40.9 Å². The summed E-state index contributed by atoms with van der Waals surface area (Å²) in [5.74, 6) is -0.105. The summed E-state index contributed by atoms with van der Waals surface area (Å²) in [6.45, 7) is 2.60. The van der Waals surface area contributed by atoms with Crippen molar-refractivity contribution in [2.45, 2.75) is 13.5 Å². The Hall–Kier alpha value is -1.88. The van der Waals surface area contributed by atoms with E-state index in [1.54, 1.807) is 40.9 Å². The molecule has 94 valence electrons. The third kappa shape index (κ3) is 2.36. The fourth-order valence-corrected chi connectivity index (χ4v) is 1.87. The van der Waals surface area contributed by atoms with Gasteiger partial charge in [-0.2, -0.15) is 10.2 Å². The van der Waals surface area contributed by atoms with Gasteiger partial charge >= 0.3 is 0 Å². The van der Waals surface area contributed by atoms with Crippen LogP contribution in [0, 0.1) is 0 Å². The van der Waals surface area contributed by atoms with Crippen LogP contribution in [0.15, 0.2) is 24.5 Å². The molecular formula is C12H13ClN4O. The lowest BCUT2D eigenvalue weighted by atomic mass is 10.2. The molecule has 2 rings (SSSR count). The maximum Gasteiger partial charge on any atom is 0.203 e. The number of hydrogen-bond acceptors (Lipinski definition) is 3. The molecular weight excluding hydrogens is 252 g/mol. The van der Waals surface area contributed by atoms with Crippen LogP contribution in [0.5, 0.6) is 0 Å². The second-order valence-corrected chi connectivity index (χ2v) is 4.14. The van der Waals surface area contributed by atoms with Gasteiger partial charge in [0.15, 0.2) is 0 Å². The molecule has 0 atom stereocenters. The van der Waals surface area contributed by atoms with Crippen molar-refractivity contribution >= 4 is 23.5 Å². The molecule has 0 aliphatic rings. The molecule has 0 aliphatic carbocycles. The number of carbonyl (C=O) groups is 1. The Morgan fingerprint density at radius 1 is 1.50 bits per heavy atom. The van der Waals surface area contributed by atoms with Crippen LogP contribution in [0.25, 0.3) is 6.08 Å². The predicted molar refractivity (Wildman–Crippen MR) is 69.5 cm³/mol. The first-order valence-electron chi connectivity index (χ1n) is 5.55. The van der Waals surface area contributed by atoms with Gasteiger partial charge in [-0.05, 0) is 25.1 Å². The van der Waals surface area contributed by atoms with Gasteiger partial charge in [0.2, 0.25) is 5.78 Å². The van der Waals surface area contributed by atoms with Gasteiger partial charge in [-0.1, -0.05) is 11.6 Å². The lowest BCUT2D eigenvalue weighted by Crippen LogP contribution is -2.07. The van der Waals surface area contributed by atoms with Gasteiger partial charge < -0.3 is 0 Å². The fraction of sp³-hybridized carbons (Fsp3) is 0.250. The van der Waals surface area contributed by atoms with Crippen molar-refractivity contribution in [2.24, 2.45) is 7.05 Å². The summed E-state index contributed by atoms with van der Waals surface area (Å²) in [6.07, 6.45) is 6.29. The lowest BCUT2D eigenvalue weighted by molar-refractivity contribution is 0.103. The zero-order valence-electron chi connectivity index (χ0n) is 10.2. The number of allylic oxidation sites excluding steroid dienone is 1. The molecule has 0 spiro atoms. The Kier molecular flexibility index (Phi) is 3.62. The highest BCUT2D eigenvalue weighted by atomic mass is 35.5. The maximum atomic E-state index is 12.0. The van der Waals surface area contributed by atoms with E-state index in [1.807, 2.05) is 6.92 Å². The van der Waals surface area contributed by atoms with E-state index < -0.39 is 0 Å². The average Bonchev–Trinajstić information content (AvgIpc) is 2.94. The summed E-state index contributed by atoms with van der Waals surface area (Å²) in [6, 6.07) is 1.70. The van der Waals surface area contributed by atoms with Crippen LogP contribution in [0.2, 0.25) is 5.02 Å². The number of ketones is 1. The molecule has 5 nitrogen and oxygen atoms in total. The standard InChI is InChI=1S/C12H13ClN4O/c1-3-17-11(6-7-14-17)12(18)5-4-10-9(13)8-15-16(10)2/h4-8H,3H2,1-2H3/b5-4+. The third-order valence-electron chi connectivity index (χ3n) is 2.60. The van der Waals surface area contributed by atoms with Gasteiger partial charge in [0.1, 0.15) is 5.69 Å². The number of hydrogen-bond donors (Lipinski definition) is 0. The molecule has 0 saturated carbocycles. The second-order valence-electron chi connectivity index (χ2n) is 3.73. The molecule has 2 aromatic rings. The summed E-state index contributed by atoms with van der Waals surface area (Å²) in [5, 5.41) is 8.57. The van der Waals surface area contributed by atoms with Crippen molar-refractivity contribution in [3.8, 4) is 0 Å². The van der Waals surface area contributed by atoms with Crippen LogP contribution < -0.4 is 0 Å². The Morgan fingerprint density at radius 3 is 2.89 bits per heavy atom. The number of rotatable bonds is 4. The van der Waals surface area contributed by atoms with Crippen molar-refractivity contribution in [3.63, 3.8) is 0 Å². The number of aryl methyl sites for hydroxylation is 2. The number of halogens is 1. The van der Waals surface area contributed by atoms with Gasteiger partial charge in [0.05, 0.1) is 16.9 Å². The number of aromatic nitrogens is 4. The second kappa shape index (κ2) is 5.18. The highest BCUT2D eigenvalue weighted by Gasteiger charge is 2.09. The average molecular weight is 265 g/mol. The molecule has 0 bridgehead atoms. The summed E-state index contributed by atoms with van der Waals surface area (Å²) in [7, 11) is 1.77. The Balaban J connectivity index is 2.22. The van der Waals surface area contributed by atoms with E-state index in [0.717, 1.165) is 0 Å². The van der Waals surface area contributed by atoms with Crippen LogP contribution in [0.3, 0.4) is 0 Å². The summed E-state index contributed by atoms with van der Waals surface area (Å²) in [5.41, 5.74) is 1.26. The monoisotopic (exact) mass is 264 g/mol. The highest BCUT2D eigenvalue weighted by Crippen LogP contribution is 2.15. The summed E-state index contributed by atoms with van der Waals surface area (Å²) in [4.78, 5) is 12.0. The molecule has 0 saturated heterocycles. The third-order valence-corrected chi connectivity index (χ3v) is 2.89. The van der Waals surface area contributed by atoms with E-state index in [4.69, 9.17) is 11.6 Å². The molecule has 0 unspecified atom stereocenters. The van der Waals surface area contributed by atoms with Crippen LogP contribution in [0.4, 0.5) is 0 Å². The van der Waals surface area contributed by atoms with E-state index in [-0.39, 0.29) is 5.78 Å². The topological polar surface area (TPSA) is 52.7 Å². The zero-order chi connectivity index (χ0) is 13.1. The van der Waals surface area contributed by atoms with Crippen LogP contribution >= 0.6 is 11.6 Å². The van der Waals surface area contributed by atoms with Gasteiger partial charge in [-0.15, -0.1) is 0 Å². The molecule has 0 aliphatic heterocycles. The normalized spacial score (nSPS) is 11.3. The van der Waals surface area contributed by atoms with Gasteiger partial charge in [-0.3, -0.25) is 14.2 Å². The quantitative estimate of drug-likeness (QED) is 0.628. The van der Waals surface area contributed by atoms with Gasteiger partial charge in [0.25, 0.3) is 0 Å². The van der Waals surface area contributed by atoms with Gasteiger partial charge in [-0.25, -0.2) is 0 Å². The lowest BCUT2D eigenvalue weighted by Gasteiger charge is -2.00. The van der Waals surface area contributed by atoms with E-state index in [0.29, 0.717) is 23.0 Å². The minimum absolute atomic E-state index is 0.105. The smallest absolute Gasteiger partial charge is 0.203 e. The summed E-state index contributed by atoms with van der Waals surface area (Å²) >= 11 is 5.95. The SMILES string of the molecule is CCn1nccc1C(=O)/C=C/c1c(Cl)cnn1C. The highest BCUT2D eigenvalue weighted by molar-refractivity contribution is 6.31. The van der Waals surface area contributed by atoms with Crippen molar-refractivity contribution in [1.29, 1.82) is 0 Å². The molecule has 2 heterocycles. The minimum atomic E-state index is -0.105. The molecule has 0 N–H and O–H groups in total. The van der Waals surface area contributed by atoms with E-state index >= 15 is 0 Å². The molecule has 0 amide bonds. The Labute approximate surface area is 110 Å². The van der Waals surface area contributed by atoms with E-state index in [2.05, 4.69) is 10.2 Å². The molecule has 0 aromatic carbocycles. The first-order chi connectivity index (χ1) is 8.63. The first-order valence-corrected chi connectivity index (χ1v) is 5.93. The molecule has 0 radical (unpaired) electrons. The van der Waals surface area contributed by atoms with Crippen LogP contribution in [-0.2, 0) is 13.6 Å².